The van der Waals surface area contributed by atoms with Gasteiger partial charge in [0.25, 0.3) is 8.32 Å². The Hall–Kier alpha value is -1.58. The van der Waals surface area contributed by atoms with Gasteiger partial charge in [0.05, 0.1) is 12.2 Å². The number of benzene rings is 2. The minimum atomic E-state index is -2.84. The number of aliphatic hydroxyl groups excluding tert-OH is 1. The molecule has 0 heterocycles. The highest BCUT2D eigenvalue weighted by Crippen LogP contribution is 2.39. The van der Waals surface area contributed by atoms with Gasteiger partial charge in [-0.3, -0.25) is 4.79 Å². The summed E-state index contributed by atoms with van der Waals surface area (Å²) in [6, 6.07) is 20.7. The number of Topliss-reactive ketones (excluding diaryl/α,β-unsaturated/α-hetero) is 1. The molecule has 0 amide bonds. The number of ketones is 1. The fraction of sp³-hybridized carbons (Fsp3) is 0.567. The first-order valence-corrected chi connectivity index (χ1v) is 18.0. The Balaban J connectivity index is 2.39. The molecule has 6 heteroatoms. The smallest absolute Gasteiger partial charge is 0.261 e. The number of carbonyl (C=O) groups is 1. The van der Waals surface area contributed by atoms with Crippen molar-refractivity contribution in [3.63, 3.8) is 0 Å². The van der Waals surface area contributed by atoms with Crippen molar-refractivity contribution in [1.82, 2.24) is 0 Å². The Labute approximate surface area is 221 Å². The van der Waals surface area contributed by atoms with Gasteiger partial charge < -0.3 is 14.0 Å². The van der Waals surface area contributed by atoms with Gasteiger partial charge >= 0.3 is 0 Å². The maximum absolute atomic E-state index is 13.4. The molecule has 0 spiro atoms. The van der Waals surface area contributed by atoms with Crippen LogP contribution in [0.25, 0.3) is 0 Å². The molecule has 0 radical (unpaired) electrons. The summed E-state index contributed by atoms with van der Waals surface area (Å²) in [6.45, 7) is 22.9. The molecule has 2 aromatic rings. The minimum Gasteiger partial charge on any atom is -0.407 e. The molecular weight excluding hydrogens is 480 g/mol. The Morgan fingerprint density at radius 1 is 0.750 bits per heavy atom. The largest absolute Gasteiger partial charge is 0.407 e. The molecule has 1 N–H and O–H groups in total. The van der Waals surface area contributed by atoms with Crippen molar-refractivity contribution >= 4 is 32.8 Å². The van der Waals surface area contributed by atoms with E-state index >= 15 is 0 Å². The summed E-state index contributed by atoms with van der Waals surface area (Å²) < 4.78 is 13.4. The Kier molecular flexibility index (Phi) is 9.74. The van der Waals surface area contributed by atoms with Crippen molar-refractivity contribution in [2.24, 2.45) is 5.92 Å². The second-order valence-corrected chi connectivity index (χ2v) is 21.7. The molecule has 4 atom stereocenters. The molecule has 200 valence electrons. The third-order valence-electron chi connectivity index (χ3n) is 7.90. The Morgan fingerprint density at radius 2 is 1.17 bits per heavy atom. The van der Waals surface area contributed by atoms with Crippen molar-refractivity contribution in [3.05, 3.63) is 60.7 Å². The van der Waals surface area contributed by atoms with Gasteiger partial charge in [0.15, 0.2) is 14.1 Å². The highest BCUT2D eigenvalue weighted by Gasteiger charge is 2.52. The highest BCUT2D eigenvalue weighted by molar-refractivity contribution is 6.99. The van der Waals surface area contributed by atoms with Crippen LogP contribution < -0.4 is 10.4 Å². The molecule has 4 nitrogen and oxygen atoms in total. The van der Waals surface area contributed by atoms with Crippen LogP contribution in [0, 0.1) is 5.92 Å². The summed E-state index contributed by atoms with van der Waals surface area (Å²) in [4.78, 5) is 13.4. The van der Waals surface area contributed by atoms with Gasteiger partial charge in [-0.15, -0.1) is 0 Å². The monoisotopic (exact) mass is 528 g/mol. The van der Waals surface area contributed by atoms with Crippen LogP contribution in [0.3, 0.4) is 0 Å². The molecule has 0 saturated carbocycles. The first-order valence-electron chi connectivity index (χ1n) is 13.1. The molecule has 0 aromatic heterocycles. The van der Waals surface area contributed by atoms with E-state index in [1.807, 2.05) is 50.2 Å². The molecule has 0 saturated heterocycles. The number of aliphatic hydroxyl groups is 1. The second-order valence-electron chi connectivity index (χ2n) is 12.7. The van der Waals surface area contributed by atoms with Crippen molar-refractivity contribution in [1.29, 1.82) is 0 Å². The van der Waals surface area contributed by atoms with Crippen LogP contribution in [-0.4, -0.2) is 45.8 Å². The van der Waals surface area contributed by atoms with E-state index in [0.29, 0.717) is 0 Å². The van der Waals surface area contributed by atoms with Crippen LogP contribution in [-0.2, 0) is 13.6 Å². The predicted octanol–water partition coefficient (Wildman–Crippen LogP) is 5.93. The lowest BCUT2D eigenvalue weighted by molar-refractivity contribution is -0.134. The quantitative estimate of drug-likeness (QED) is 0.389. The topological polar surface area (TPSA) is 55.8 Å². The zero-order valence-corrected chi connectivity index (χ0v) is 26.3. The normalized spacial score (nSPS) is 16.8. The van der Waals surface area contributed by atoms with Gasteiger partial charge in [-0.1, -0.05) is 109 Å². The molecule has 0 aliphatic carbocycles. The van der Waals surface area contributed by atoms with E-state index in [-0.39, 0.29) is 15.9 Å². The van der Waals surface area contributed by atoms with E-state index < -0.39 is 40.9 Å². The van der Waals surface area contributed by atoms with E-state index in [2.05, 4.69) is 78.9 Å². The van der Waals surface area contributed by atoms with Gasteiger partial charge in [-0.2, -0.15) is 0 Å². The Bertz CT molecular complexity index is 938. The van der Waals surface area contributed by atoms with Gasteiger partial charge in [-0.05, 0) is 47.4 Å². The van der Waals surface area contributed by atoms with Crippen LogP contribution in [0.15, 0.2) is 60.7 Å². The number of carbonyl (C=O) groups excluding carboxylic acids is 1. The molecule has 0 unspecified atom stereocenters. The van der Waals surface area contributed by atoms with Gasteiger partial charge in [0.2, 0.25) is 0 Å². The lowest BCUT2D eigenvalue weighted by Crippen LogP contribution is -2.68. The van der Waals surface area contributed by atoms with Gasteiger partial charge in [0.1, 0.15) is 6.10 Å². The predicted molar refractivity (Wildman–Crippen MR) is 156 cm³/mol. The van der Waals surface area contributed by atoms with E-state index in [9.17, 15) is 9.90 Å². The maximum atomic E-state index is 13.4. The van der Waals surface area contributed by atoms with Crippen LogP contribution in [0.2, 0.25) is 23.2 Å². The van der Waals surface area contributed by atoms with Crippen LogP contribution in [0.4, 0.5) is 0 Å². The SMILES string of the molecule is C[C@H](O[Si](C)(C)C(C)(C)C)C(=O)[C@H](C)[C@@H](O)[C@@H](C)O[Si](c1ccccc1)(c1ccccc1)C(C)(C)C. The summed E-state index contributed by atoms with van der Waals surface area (Å²) in [5.74, 6) is -0.691. The number of rotatable bonds is 10. The zero-order valence-electron chi connectivity index (χ0n) is 24.3. The average Bonchev–Trinajstić information content (AvgIpc) is 2.80. The fourth-order valence-electron chi connectivity index (χ4n) is 4.66. The minimum absolute atomic E-state index is 0.00305. The van der Waals surface area contributed by atoms with E-state index in [1.165, 1.54) is 0 Å². The van der Waals surface area contributed by atoms with E-state index in [4.69, 9.17) is 8.85 Å². The lowest BCUT2D eigenvalue weighted by Gasteiger charge is -2.46. The fourth-order valence-corrected chi connectivity index (χ4v) is 10.7. The summed E-state index contributed by atoms with van der Waals surface area (Å²) in [5, 5.41) is 13.5. The van der Waals surface area contributed by atoms with Crippen molar-refractivity contribution in [2.75, 3.05) is 0 Å². The molecule has 2 rings (SSSR count). The maximum Gasteiger partial charge on any atom is 0.261 e. The first kappa shape index (κ1) is 30.6. The zero-order chi connectivity index (χ0) is 27.5. The molecule has 0 aliphatic heterocycles. The molecule has 0 bridgehead atoms. The van der Waals surface area contributed by atoms with Crippen LogP contribution in [0.1, 0.15) is 62.3 Å². The van der Waals surface area contributed by atoms with E-state index in [0.717, 1.165) is 10.4 Å². The number of hydrogen-bond acceptors (Lipinski definition) is 4. The molecule has 0 aliphatic rings. The third-order valence-corrected chi connectivity index (χ3v) is 17.6. The van der Waals surface area contributed by atoms with Crippen molar-refractivity contribution in [3.8, 4) is 0 Å². The molecule has 2 aromatic carbocycles. The van der Waals surface area contributed by atoms with Crippen molar-refractivity contribution < 1.29 is 18.8 Å². The summed E-state index contributed by atoms with van der Waals surface area (Å²) in [7, 11) is -4.96. The number of hydrogen-bond donors (Lipinski definition) is 1. The summed E-state index contributed by atoms with van der Waals surface area (Å²) in [5.41, 5.74) is 0. The van der Waals surface area contributed by atoms with Crippen LogP contribution >= 0.6 is 0 Å². The highest BCUT2D eigenvalue weighted by atomic mass is 28.4. The second kappa shape index (κ2) is 11.4. The average molecular weight is 529 g/mol. The Morgan fingerprint density at radius 3 is 1.53 bits per heavy atom. The van der Waals surface area contributed by atoms with Crippen molar-refractivity contribution in [2.45, 2.75) is 104 Å². The van der Waals surface area contributed by atoms with Gasteiger partial charge in [-0.25, -0.2) is 0 Å². The van der Waals surface area contributed by atoms with E-state index in [1.54, 1.807) is 6.92 Å². The summed E-state index contributed by atoms with van der Waals surface area (Å²) >= 11 is 0. The van der Waals surface area contributed by atoms with Gasteiger partial charge in [0, 0.05) is 5.92 Å². The summed E-state index contributed by atoms with van der Waals surface area (Å²) in [6.07, 6.45) is -2.07. The lowest BCUT2D eigenvalue weighted by atomic mass is 9.93. The van der Waals surface area contributed by atoms with Crippen LogP contribution in [0.5, 0.6) is 0 Å². The first-order chi connectivity index (χ1) is 16.5. The molecular formula is C30H48O4Si2. The molecule has 0 fully saturated rings. The third kappa shape index (κ3) is 6.46. The standard InChI is InChI=1S/C30H48O4Si2/c1-22(27(31)23(2)33-35(10,11)29(4,5)6)28(32)24(3)34-36(30(7,8)9,25-18-14-12-15-19-25)26-20-16-13-17-21-26/h12-24,28,32H,1-11H3/t22-,23-,24+,28+/m0/s1. The molecule has 36 heavy (non-hydrogen) atoms.